The number of hydrogen-bond acceptors (Lipinski definition) is 3. The van der Waals surface area contributed by atoms with Crippen molar-refractivity contribution in [3.8, 4) is 0 Å². The smallest absolute Gasteiger partial charge is 0.191 e. The van der Waals surface area contributed by atoms with Crippen LogP contribution in [0, 0.1) is 0 Å². The summed E-state index contributed by atoms with van der Waals surface area (Å²) in [6, 6.07) is 18.1. The summed E-state index contributed by atoms with van der Waals surface area (Å²) in [6.07, 6.45) is 2.15. The normalized spacial score (nSPS) is 17.1. The van der Waals surface area contributed by atoms with Gasteiger partial charge in [0.05, 0.1) is 10.8 Å². The Hall–Kier alpha value is -1.89. The second kappa shape index (κ2) is 11.3. The molecule has 1 saturated heterocycles. The van der Waals surface area contributed by atoms with Crippen molar-refractivity contribution in [1.82, 2.24) is 15.5 Å². The molecule has 0 bridgehead atoms. The number of halogens is 1. The topological polar surface area (TPSA) is 56.7 Å². The van der Waals surface area contributed by atoms with Crippen LogP contribution in [0.2, 0.25) is 5.02 Å². The van der Waals surface area contributed by atoms with E-state index >= 15 is 0 Å². The van der Waals surface area contributed by atoms with Gasteiger partial charge in [0, 0.05) is 54.9 Å². The Morgan fingerprint density at radius 2 is 1.83 bits per heavy atom. The lowest BCUT2D eigenvalue weighted by Gasteiger charge is -2.33. The minimum Gasteiger partial charge on any atom is -0.355 e. The molecule has 1 aliphatic heterocycles. The summed E-state index contributed by atoms with van der Waals surface area (Å²) >= 11 is 5.96. The van der Waals surface area contributed by atoms with E-state index in [1.54, 1.807) is 7.05 Å². The van der Waals surface area contributed by atoms with Gasteiger partial charge in [0.1, 0.15) is 0 Å². The number of rotatable bonds is 7. The van der Waals surface area contributed by atoms with Crippen LogP contribution in [0.25, 0.3) is 0 Å². The van der Waals surface area contributed by atoms with Gasteiger partial charge in [-0.3, -0.25) is 14.1 Å². The molecule has 156 valence electrons. The Labute approximate surface area is 181 Å². The van der Waals surface area contributed by atoms with Crippen LogP contribution < -0.4 is 10.6 Å². The molecule has 0 aromatic heterocycles. The summed E-state index contributed by atoms with van der Waals surface area (Å²) in [5.41, 5.74) is 1.30. The van der Waals surface area contributed by atoms with Crippen LogP contribution in [-0.4, -0.2) is 53.5 Å². The van der Waals surface area contributed by atoms with Gasteiger partial charge in [0.15, 0.2) is 5.96 Å². The number of nitrogens with one attached hydrogen (secondary N) is 2. The van der Waals surface area contributed by atoms with Crippen molar-refractivity contribution in [2.24, 2.45) is 4.99 Å². The van der Waals surface area contributed by atoms with Crippen LogP contribution in [0.4, 0.5) is 0 Å². The highest BCUT2D eigenvalue weighted by Crippen LogP contribution is 2.16. The zero-order valence-corrected chi connectivity index (χ0v) is 18.4. The molecule has 3 rings (SSSR count). The molecule has 2 aromatic carbocycles. The highest BCUT2D eigenvalue weighted by atomic mass is 35.5. The van der Waals surface area contributed by atoms with Gasteiger partial charge in [0.2, 0.25) is 0 Å². The molecule has 1 aliphatic rings. The first-order valence-electron chi connectivity index (χ1n) is 10.0. The average molecular weight is 433 g/mol. The largest absolute Gasteiger partial charge is 0.355 e. The summed E-state index contributed by atoms with van der Waals surface area (Å²) in [5, 5.41) is 7.58. The minimum atomic E-state index is -0.995. The molecule has 0 amide bonds. The number of likely N-dealkylation sites (tertiary alicyclic amines) is 1. The molecule has 1 heterocycles. The van der Waals surface area contributed by atoms with Crippen LogP contribution in [0.15, 0.2) is 64.5 Å². The molecule has 0 saturated carbocycles. The first kappa shape index (κ1) is 21.8. The third-order valence-corrected chi connectivity index (χ3v) is 6.68. The molecule has 5 nitrogen and oxygen atoms in total. The highest BCUT2D eigenvalue weighted by molar-refractivity contribution is 7.85. The number of guanidine groups is 1. The summed E-state index contributed by atoms with van der Waals surface area (Å²) in [4.78, 5) is 7.65. The molecule has 2 aromatic rings. The van der Waals surface area contributed by atoms with E-state index in [0.717, 1.165) is 48.4 Å². The van der Waals surface area contributed by atoms with E-state index < -0.39 is 10.8 Å². The first-order valence-corrected chi connectivity index (χ1v) is 11.7. The molecule has 1 fully saturated rings. The third kappa shape index (κ3) is 7.14. The van der Waals surface area contributed by atoms with E-state index in [9.17, 15) is 4.21 Å². The van der Waals surface area contributed by atoms with Gasteiger partial charge in [-0.25, -0.2) is 0 Å². The van der Waals surface area contributed by atoms with Gasteiger partial charge in [-0.15, -0.1) is 0 Å². The van der Waals surface area contributed by atoms with Gasteiger partial charge in [0.25, 0.3) is 0 Å². The SMILES string of the molecule is CN=C(NCCS(=O)c1ccccc1)NC1CCN(Cc2ccc(Cl)cc2)CC1. The molecule has 0 aliphatic carbocycles. The van der Waals surface area contributed by atoms with E-state index in [-0.39, 0.29) is 0 Å². The van der Waals surface area contributed by atoms with Crippen LogP contribution in [0.5, 0.6) is 0 Å². The second-order valence-electron chi connectivity index (χ2n) is 7.18. The Morgan fingerprint density at radius 1 is 1.14 bits per heavy atom. The molecule has 1 unspecified atom stereocenters. The van der Waals surface area contributed by atoms with Crippen molar-refractivity contribution in [2.45, 2.75) is 30.3 Å². The molecule has 0 radical (unpaired) electrons. The van der Waals surface area contributed by atoms with E-state index in [0.29, 0.717) is 18.3 Å². The molecule has 0 spiro atoms. The lowest BCUT2D eigenvalue weighted by atomic mass is 10.0. The van der Waals surface area contributed by atoms with Crippen LogP contribution >= 0.6 is 11.6 Å². The van der Waals surface area contributed by atoms with Gasteiger partial charge >= 0.3 is 0 Å². The molecular weight excluding hydrogens is 404 g/mol. The fourth-order valence-corrected chi connectivity index (χ4v) is 4.53. The molecule has 2 N–H and O–H groups in total. The number of piperidine rings is 1. The van der Waals surface area contributed by atoms with E-state index in [2.05, 4.69) is 32.7 Å². The van der Waals surface area contributed by atoms with Crippen molar-refractivity contribution in [1.29, 1.82) is 0 Å². The van der Waals surface area contributed by atoms with Gasteiger partial charge in [-0.1, -0.05) is 41.9 Å². The van der Waals surface area contributed by atoms with Crippen molar-refractivity contribution >= 4 is 28.4 Å². The number of nitrogens with zero attached hydrogens (tertiary/aromatic N) is 2. The van der Waals surface area contributed by atoms with Crippen LogP contribution in [-0.2, 0) is 17.3 Å². The lowest BCUT2D eigenvalue weighted by molar-refractivity contribution is 0.198. The maximum absolute atomic E-state index is 12.3. The summed E-state index contributed by atoms with van der Waals surface area (Å²) in [6.45, 7) is 3.68. The van der Waals surface area contributed by atoms with Crippen LogP contribution in [0.1, 0.15) is 18.4 Å². The maximum atomic E-state index is 12.3. The zero-order chi connectivity index (χ0) is 20.5. The van der Waals surface area contributed by atoms with E-state index in [4.69, 9.17) is 11.6 Å². The standard InChI is InChI=1S/C22H29ClN4OS/c1-24-22(25-13-16-29(28)21-5-3-2-4-6-21)26-20-11-14-27(15-12-20)17-18-7-9-19(23)10-8-18/h2-10,20H,11-17H2,1H3,(H2,24,25,26). The van der Waals surface area contributed by atoms with Crippen molar-refractivity contribution in [2.75, 3.05) is 32.4 Å². The van der Waals surface area contributed by atoms with E-state index in [1.807, 2.05) is 42.5 Å². The summed E-state index contributed by atoms with van der Waals surface area (Å²) in [5.74, 6) is 1.34. The van der Waals surface area contributed by atoms with Gasteiger partial charge in [-0.2, -0.15) is 0 Å². The molecule has 1 atom stereocenters. The van der Waals surface area contributed by atoms with Gasteiger partial charge in [-0.05, 0) is 42.7 Å². The average Bonchev–Trinajstić information content (AvgIpc) is 2.76. The maximum Gasteiger partial charge on any atom is 0.191 e. The fourth-order valence-electron chi connectivity index (χ4n) is 3.42. The molecule has 7 heteroatoms. The number of benzene rings is 2. The van der Waals surface area contributed by atoms with E-state index in [1.165, 1.54) is 5.56 Å². The Kier molecular flexibility index (Phi) is 8.52. The number of aliphatic imine (C=N–C) groups is 1. The quantitative estimate of drug-likeness (QED) is 0.520. The second-order valence-corrected chi connectivity index (χ2v) is 9.19. The Morgan fingerprint density at radius 3 is 2.48 bits per heavy atom. The Bertz CT molecular complexity index is 805. The highest BCUT2D eigenvalue weighted by Gasteiger charge is 2.20. The summed E-state index contributed by atoms with van der Waals surface area (Å²) in [7, 11) is 0.782. The third-order valence-electron chi connectivity index (χ3n) is 5.06. The lowest BCUT2D eigenvalue weighted by Crippen LogP contribution is -2.49. The summed E-state index contributed by atoms with van der Waals surface area (Å²) < 4.78 is 12.3. The Balaban J connectivity index is 1.37. The predicted octanol–water partition coefficient (Wildman–Crippen LogP) is 3.28. The predicted molar refractivity (Wildman–Crippen MR) is 122 cm³/mol. The zero-order valence-electron chi connectivity index (χ0n) is 16.8. The van der Waals surface area contributed by atoms with Gasteiger partial charge < -0.3 is 10.6 Å². The fraction of sp³-hybridized carbons (Fsp3) is 0.409. The molecule has 29 heavy (non-hydrogen) atoms. The first-order chi connectivity index (χ1) is 14.1. The number of hydrogen-bond donors (Lipinski definition) is 2. The van der Waals surface area contributed by atoms with Crippen molar-refractivity contribution < 1.29 is 4.21 Å². The minimum absolute atomic E-state index is 0.405. The van der Waals surface area contributed by atoms with Crippen LogP contribution in [0.3, 0.4) is 0 Å². The van der Waals surface area contributed by atoms with Crippen molar-refractivity contribution in [3.63, 3.8) is 0 Å². The van der Waals surface area contributed by atoms with Crippen molar-refractivity contribution in [3.05, 3.63) is 65.2 Å². The molecular formula is C22H29ClN4OS. The monoisotopic (exact) mass is 432 g/mol.